The van der Waals surface area contributed by atoms with E-state index in [0.29, 0.717) is 6.54 Å². The van der Waals surface area contributed by atoms with E-state index in [9.17, 15) is 4.79 Å². The number of hydrogen-bond donors (Lipinski definition) is 2. The Labute approximate surface area is 155 Å². The average Bonchev–Trinajstić information content (AvgIpc) is 2.63. The molecule has 5 heteroatoms. The van der Waals surface area contributed by atoms with Crippen molar-refractivity contribution in [2.45, 2.75) is 26.3 Å². The molecule has 2 aromatic carbocycles. The first kappa shape index (κ1) is 19.3. The van der Waals surface area contributed by atoms with Crippen molar-refractivity contribution >= 4 is 18.3 Å². The van der Waals surface area contributed by atoms with E-state index in [1.165, 1.54) is 0 Å². The Kier molecular flexibility index (Phi) is 7.29. The predicted molar refractivity (Wildman–Crippen MR) is 102 cm³/mol. The number of benzene rings is 2. The second-order valence-electron chi connectivity index (χ2n) is 6.22. The van der Waals surface area contributed by atoms with Crippen molar-refractivity contribution < 1.29 is 9.53 Å². The molecule has 0 saturated carbocycles. The van der Waals surface area contributed by atoms with E-state index >= 15 is 0 Å². The summed E-state index contributed by atoms with van der Waals surface area (Å²) < 4.78 is 6.06. The Morgan fingerprint density at radius 2 is 1.72 bits per heavy atom. The Bertz CT molecular complexity index is 700. The predicted octanol–water partition coefficient (Wildman–Crippen LogP) is 3.82. The minimum absolute atomic E-state index is 0. The molecule has 0 aromatic heterocycles. The third-order valence-electron chi connectivity index (χ3n) is 4.45. The van der Waals surface area contributed by atoms with Gasteiger partial charge in [0.25, 0.3) is 0 Å². The molecular formula is C20H25ClN2O2. The van der Waals surface area contributed by atoms with Gasteiger partial charge in [0.05, 0.1) is 0 Å². The van der Waals surface area contributed by atoms with Crippen molar-refractivity contribution in [2.75, 3.05) is 13.1 Å². The van der Waals surface area contributed by atoms with Gasteiger partial charge in [0, 0.05) is 18.0 Å². The molecular weight excluding hydrogens is 336 g/mol. The third-order valence-corrected chi connectivity index (χ3v) is 4.45. The molecule has 1 aliphatic rings. The lowest BCUT2D eigenvalue weighted by molar-refractivity contribution is -0.125. The third kappa shape index (κ3) is 5.21. The summed E-state index contributed by atoms with van der Waals surface area (Å²) in [6, 6.07) is 15.8. The SMILES string of the molecule is Cc1ccccc1Oc1ccccc1CNC(=O)C1CCNCC1.Cl. The highest BCUT2D eigenvalue weighted by Crippen LogP contribution is 2.27. The fraction of sp³-hybridized carbons (Fsp3) is 0.350. The number of carbonyl (C=O) groups is 1. The molecule has 0 atom stereocenters. The second-order valence-corrected chi connectivity index (χ2v) is 6.22. The van der Waals surface area contributed by atoms with Crippen LogP contribution in [-0.4, -0.2) is 19.0 Å². The lowest BCUT2D eigenvalue weighted by atomic mass is 9.97. The zero-order valence-electron chi connectivity index (χ0n) is 14.5. The maximum absolute atomic E-state index is 12.3. The first-order chi connectivity index (χ1) is 11.7. The number of carbonyl (C=O) groups excluding carboxylic acids is 1. The van der Waals surface area contributed by atoms with Gasteiger partial charge in [-0.15, -0.1) is 12.4 Å². The number of halogens is 1. The van der Waals surface area contributed by atoms with Crippen molar-refractivity contribution in [3.8, 4) is 11.5 Å². The highest BCUT2D eigenvalue weighted by atomic mass is 35.5. The van der Waals surface area contributed by atoms with Crippen molar-refractivity contribution in [2.24, 2.45) is 5.92 Å². The molecule has 1 fully saturated rings. The van der Waals surface area contributed by atoms with Gasteiger partial charge in [-0.1, -0.05) is 36.4 Å². The van der Waals surface area contributed by atoms with Gasteiger partial charge in [-0.2, -0.15) is 0 Å². The summed E-state index contributed by atoms with van der Waals surface area (Å²) in [6.07, 6.45) is 1.82. The van der Waals surface area contributed by atoms with Crippen LogP contribution in [0.25, 0.3) is 0 Å². The van der Waals surface area contributed by atoms with Crippen LogP contribution in [0.2, 0.25) is 0 Å². The summed E-state index contributed by atoms with van der Waals surface area (Å²) in [7, 11) is 0. The van der Waals surface area contributed by atoms with E-state index in [2.05, 4.69) is 10.6 Å². The maximum Gasteiger partial charge on any atom is 0.223 e. The first-order valence-corrected chi connectivity index (χ1v) is 8.54. The van der Waals surface area contributed by atoms with Crippen LogP contribution < -0.4 is 15.4 Å². The fourth-order valence-electron chi connectivity index (χ4n) is 2.95. The van der Waals surface area contributed by atoms with Crippen molar-refractivity contribution in [1.29, 1.82) is 0 Å². The monoisotopic (exact) mass is 360 g/mol. The number of nitrogens with one attached hydrogen (secondary N) is 2. The van der Waals surface area contributed by atoms with Gasteiger partial charge in [0.1, 0.15) is 11.5 Å². The largest absolute Gasteiger partial charge is 0.457 e. The van der Waals surface area contributed by atoms with E-state index in [4.69, 9.17) is 4.74 Å². The smallest absolute Gasteiger partial charge is 0.223 e. The standard InChI is InChI=1S/C20H24N2O2.ClH/c1-15-6-2-4-8-18(15)24-19-9-5-3-7-17(19)14-22-20(23)16-10-12-21-13-11-16;/h2-9,16,21H,10-14H2,1H3,(H,22,23);1H. The molecule has 0 bridgehead atoms. The van der Waals surface area contributed by atoms with E-state index in [1.807, 2.05) is 55.5 Å². The van der Waals surface area contributed by atoms with Crippen molar-refractivity contribution in [1.82, 2.24) is 10.6 Å². The number of ether oxygens (including phenoxy) is 1. The van der Waals surface area contributed by atoms with Crippen LogP contribution in [0.4, 0.5) is 0 Å². The molecule has 1 saturated heterocycles. The summed E-state index contributed by atoms with van der Waals surface area (Å²) in [5.74, 6) is 1.89. The van der Waals surface area contributed by atoms with E-state index in [1.54, 1.807) is 0 Å². The maximum atomic E-state index is 12.3. The Morgan fingerprint density at radius 3 is 2.44 bits per heavy atom. The van der Waals surface area contributed by atoms with Crippen molar-refractivity contribution in [3.05, 3.63) is 59.7 Å². The van der Waals surface area contributed by atoms with Crippen LogP contribution in [-0.2, 0) is 11.3 Å². The molecule has 0 aliphatic carbocycles. The molecule has 25 heavy (non-hydrogen) atoms. The Hall–Kier alpha value is -2.04. The molecule has 0 radical (unpaired) electrons. The molecule has 0 unspecified atom stereocenters. The number of aryl methyl sites for hydroxylation is 1. The minimum atomic E-state index is 0. The number of rotatable bonds is 5. The van der Waals surface area contributed by atoms with Crippen LogP contribution in [0.1, 0.15) is 24.0 Å². The van der Waals surface area contributed by atoms with E-state index in [0.717, 1.165) is 48.6 Å². The normalized spacial score (nSPS) is 14.4. The Morgan fingerprint density at radius 1 is 1.08 bits per heavy atom. The molecule has 3 rings (SSSR count). The number of piperidine rings is 1. The molecule has 1 heterocycles. The van der Waals surface area contributed by atoms with Crippen LogP contribution in [0.3, 0.4) is 0 Å². The van der Waals surface area contributed by atoms with Gasteiger partial charge in [-0.25, -0.2) is 0 Å². The average molecular weight is 361 g/mol. The minimum Gasteiger partial charge on any atom is -0.457 e. The zero-order chi connectivity index (χ0) is 16.8. The quantitative estimate of drug-likeness (QED) is 0.852. The van der Waals surface area contributed by atoms with E-state index < -0.39 is 0 Å². The first-order valence-electron chi connectivity index (χ1n) is 8.54. The van der Waals surface area contributed by atoms with Crippen LogP contribution in [0.5, 0.6) is 11.5 Å². The van der Waals surface area contributed by atoms with E-state index in [-0.39, 0.29) is 24.2 Å². The molecule has 2 aromatic rings. The fourth-order valence-corrected chi connectivity index (χ4v) is 2.95. The van der Waals surface area contributed by atoms with Gasteiger partial charge in [0.15, 0.2) is 0 Å². The molecule has 0 spiro atoms. The molecule has 4 nitrogen and oxygen atoms in total. The van der Waals surface area contributed by atoms with Crippen LogP contribution in [0, 0.1) is 12.8 Å². The van der Waals surface area contributed by atoms with Gasteiger partial charge < -0.3 is 15.4 Å². The molecule has 1 aliphatic heterocycles. The summed E-state index contributed by atoms with van der Waals surface area (Å²) in [4.78, 5) is 12.3. The van der Waals surface area contributed by atoms with Crippen LogP contribution >= 0.6 is 12.4 Å². The van der Waals surface area contributed by atoms with Gasteiger partial charge in [0.2, 0.25) is 5.91 Å². The summed E-state index contributed by atoms with van der Waals surface area (Å²) in [6.45, 7) is 4.36. The molecule has 134 valence electrons. The van der Waals surface area contributed by atoms with Gasteiger partial charge in [-0.3, -0.25) is 4.79 Å². The summed E-state index contributed by atoms with van der Waals surface area (Å²) >= 11 is 0. The Balaban J connectivity index is 0.00000225. The second kappa shape index (κ2) is 9.44. The molecule has 2 N–H and O–H groups in total. The highest BCUT2D eigenvalue weighted by Gasteiger charge is 2.20. The van der Waals surface area contributed by atoms with Crippen molar-refractivity contribution in [3.63, 3.8) is 0 Å². The lowest BCUT2D eigenvalue weighted by Gasteiger charge is -2.22. The highest BCUT2D eigenvalue weighted by molar-refractivity contribution is 5.85. The van der Waals surface area contributed by atoms with Crippen LogP contribution in [0.15, 0.2) is 48.5 Å². The summed E-state index contributed by atoms with van der Waals surface area (Å²) in [5, 5.41) is 6.35. The number of hydrogen-bond acceptors (Lipinski definition) is 3. The topological polar surface area (TPSA) is 50.4 Å². The molecule has 1 amide bonds. The summed E-state index contributed by atoms with van der Waals surface area (Å²) in [5.41, 5.74) is 2.08. The zero-order valence-corrected chi connectivity index (χ0v) is 15.3. The van der Waals surface area contributed by atoms with Gasteiger partial charge in [-0.05, 0) is 50.6 Å². The van der Waals surface area contributed by atoms with Gasteiger partial charge >= 0.3 is 0 Å². The lowest BCUT2D eigenvalue weighted by Crippen LogP contribution is -2.37. The number of para-hydroxylation sites is 2. The number of amides is 1.